The van der Waals surface area contributed by atoms with Crippen molar-refractivity contribution in [1.82, 2.24) is 5.32 Å². The molecule has 1 aromatic heterocycles. The highest BCUT2D eigenvalue weighted by molar-refractivity contribution is 7.99. The number of thioether (sulfide) groups is 1. The molecule has 0 unspecified atom stereocenters. The van der Waals surface area contributed by atoms with E-state index in [9.17, 15) is 4.79 Å². The molecule has 0 aliphatic heterocycles. The quantitative estimate of drug-likeness (QED) is 0.200. The molecule has 33 heavy (non-hydrogen) atoms. The largest absolute Gasteiger partial charge is 0.494 e. The average Bonchev–Trinajstić information content (AvgIpc) is 3.24. The van der Waals surface area contributed by atoms with Gasteiger partial charge in [0, 0.05) is 23.8 Å². The normalized spacial score (nSPS) is 10.9. The summed E-state index contributed by atoms with van der Waals surface area (Å²) in [5.74, 6) is 1.95. The number of benzene rings is 3. The maximum absolute atomic E-state index is 11.1. The lowest BCUT2D eigenvalue weighted by atomic mass is 10.1. The molecule has 0 fully saturated rings. The molecule has 0 spiro atoms. The van der Waals surface area contributed by atoms with Crippen LogP contribution in [0, 0.1) is 0 Å². The Kier molecular flexibility index (Phi) is 8.09. The average molecular weight is 460 g/mol. The number of fused-ring (bicyclic) bond motifs is 1. The van der Waals surface area contributed by atoms with Gasteiger partial charge in [0.25, 0.3) is 0 Å². The molecule has 170 valence electrons. The first-order chi connectivity index (χ1) is 16.2. The number of hydrogen-bond donors (Lipinski definition) is 1. The van der Waals surface area contributed by atoms with E-state index >= 15 is 0 Å². The highest BCUT2D eigenvalue weighted by atomic mass is 32.2. The van der Waals surface area contributed by atoms with Crippen LogP contribution >= 0.6 is 11.8 Å². The third kappa shape index (κ3) is 6.65. The minimum absolute atomic E-state index is 0.00720. The van der Waals surface area contributed by atoms with Crippen molar-refractivity contribution < 1.29 is 13.9 Å². The van der Waals surface area contributed by atoms with Gasteiger partial charge in [-0.25, -0.2) is 0 Å². The van der Waals surface area contributed by atoms with Crippen LogP contribution in [0.2, 0.25) is 0 Å². The summed E-state index contributed by atoms with van der Waals surface area (Å²) in [5.41, 5.74) is 4.44. The van der Waals surface area contributed by atoms with E-state index in [4.69, 9.17) is 9.15 Å². The van der Waals surface area contributed by atoms with Gasteiger partial charge in [0.05, 0.1) is 12.9 Å². The monoisotopic (exact) mass is 459 g/mol. The van der Waals surface area contributed by atoms with Gasteiger partial charge in [-0.2, -0.15) is 0 Å². The molecule has 0 aliphatic carbocycles. The highest BCUT2D eigenvalue weighted by Gasteiger charge is 2.07. The van der Waals surface area contributed by atoms with Crippen LogP contribution in [0.3, 0.4) is 0 Å². The topological polar surface area (TPSA) is 51.5 Å². The SMILES string of the molecule is CC(=O)NCCc1coc2ccc(SCCCCOc3ccc(-c4ccccc4)cc3)cc12. The Bertz CT molecular complexity index is 1170. The van der Waals surface area contributed by atoms with Crippen LogP contribution in [0.1, 0.15) is 25.3 Å². The number of hydrogen-bond acceptors (Lipinski definition) is 4. The molecule has 4 aromatic rings. The van der Waals surface area contributed by atoms with E-state index < -0.39 is 0 Å². The van der Waals surface area contributed by atoms with Gasteiger partial charge in [-0.15, -0.1) is 11.8 Å². The van der Waals surface area contributed by atoms with Crippen molar-refractivity contribution in [1.29, 1.82) is 0 Å². The van der Waals surface area contributed by atoms with E-state index in [2.05, 4.69) is 53.8 Å². The van der Waals surface area contributed by atoms with Gasteiger partial charge in [0.2, 0.25) is 5.91 Å². The van der Waals surface area contributed by atoms with E-state index in [1.165, 1.54) is 22.9 Å². The lowest BCUT2D eigenvalue weighted by Gasteiger charge is -2.08. The van der Waals surface area contributed by atoms with Gasteiger partial charge in [0.15, 0.2) is 0 Å². The van der Waals surface area contributed by atoms with Gasteiger partial charge >= 0.3 is 0 Å². The molecule has 4 rings (SSSR count). The third-order valence-electron chi connectivity index (χ3n) is 5.43. The molecule has 5 heteroatoms. The van der Waals surface area contributed by atoms with Crippen LogP contribution in [-0.2, 0) is 11.2 Å². The van der Waals surface area contributed by atoms with Crippen LogP contribution in [0.15, 0.2) is 88.4 Å². The summed E-state index contributed by atoms with van der Waals surface area (Å²) in [6, 6.07) is 25.0. The van der Waals surface area contributed by atoms with E-state index in [0.29, 0.717) is 6.54 Å². The molecule has 1 heterocycles. The molecule has 0 aliphatic rings. The Balaban J connectivity index is 1.19. The van der Waals surface area contributed by atoms with Crippen molar-refractivity contribution in [2.24, 2.45) is 0 Å². The predicted molar refractivity (Wildman–Crippen MR) is 136 cm³/mol. The van der Waals surface area contributed by atoms with Crippen molar-refractivity contribution in [3.8, 4) is 16.9 Å². The van der Waals surface area contributed by atoms with Crippen LogP contribution in [0.5, 0.6) is 5.75 Å². The Morgan fingerprint density at radius 3 is 2.55 bits per heavy atom. The van der Waals surface area contributed by atoms with E-state index in [-0.39, 0.29) is 5.91 Å². The lowest BCUT2D eigenvalue weighted by molar-refractivity contribution is -0.118. The standard InChI is InChI=1S/C28H29NO3S/c1-21(30)29-16-15-24-20-32-28-14-13-26(19-27(24)28)33-18-6-5-17-31-25-11-9-23(10-12-25)22-7-3-2-4-8-22/h2-4,7-14,19-20H,5-6,15-18H2,1H3,(H,29,30). The van der Waals surface area contributed by atoms with Crippen LogP contribution < -0.4 is 10.1 Å². The first kappa shape index (κ1) is 23.0. The number of rotatable bonds is 11. The highest BCUT2D eigenvalue weighted by Crippen LogP contribution is 2.28. The summed E-state index contributed by atoms with van der Waals surface area (Å²) in [6.45, 7) is 2.88. The molecule has 0 atom stereocenters. The molecule has 0 saturated heterocycles. The molecule has 0 bridgehead atoms. The third-order valence-corrected chi connectivity index (χ3v) is 6.51. The zero-order chi connectivity index (χ0) is 22.9. The summed E-state index contributed by atoms with van der Waals surface area (Å²) in [6.07, 6.45) is 4.67. The first-order valence-corrected chi connectivity index (χ1v) is 12.3. The van der Waals surface area contributed by atoms with Gasteiger partial charge in [-0.1, -0.05) is 42.5 Å². The molecule has 4 nitrogen and oxygen atoms in total. The van der Waals surface area contributed by atoms with Crippen molar-refractivity contribution >= 4 is 28.6 Å². The number of amides is 1. The Hall–Kier alpha value is -3.18. The second kappa shape index (κ2) is 11.6. The van der Waals surface area contributed by atoms with E-state index in [0.717, 1.165) is 53.9 Å². The first-order valence-electron chi connectivity index (χ1n) is 11.3. The smallest absolute Gasteiger partial charge is 0.216 e. The Morgan fingerprint density at radius 2 is 1.76 bits per heavy atom. The Morgan fingerprint density at radius 1 is 0.970 bits per heavy atom. The van der Waals surface area contributed by atoms with Gasteiger partial charge < -0.3 is 14.5 Å². The van der Waals surface area contributed by atoms with E-state index in [1.54, 1.807) is 6.26 Å². The minimum Gasteiger partial charge on any atom is -0.494 e. The number of unbranched alkanes of at least 4 members (excludes halogenated alkanes) is 1. The van der Waals surface area contributed by atoms with Gasteiger partial charge in [0.1, 0.15) is 11.3 Å². The zero-order valence-corrected chi connectivity index (χ0v) is 19.7. The van der Waals surface area contributed by atoms with Crippen LogP contribution in [-0.4, -0.2) is 24.8 Å². The molecular weight excluding hydrogens is 430 g/mol. The number of furan rings is 1. The van der Waals surface area contributed by atoms with Crippen molar-refractivity contribution in [3.63, 3.8) is 0 Å². The van der Waals surface area contributed by atoms with Crippen LogP contribution in [0.4, 0.5) is 0 Å². The molecule has 0 radical (unpaired) electrons. The molecule has 3 aromatic carbocycles. The summed E-state index contributed by atoms with van der Waals surface area (Å²) in [5, 5.41) is 3.97. The molecular formula is C28H29NO3S. The predicted octanol–water partition coefficient (Wildman–Crippen LogP) is 6.73. The Labute approximate surface area is 199 Å². The van der Waals surface area contributed by atoms with Crippen molar-refractivity contribution in [2.75, 3.05) is 18.9 Å². The summed E-state index contributed by atoms with van der Waals surface area (Å²) < 4.78 is 11.6. The number of carbonyl (C=O) groups is 1. The fourth-order valence-corrected chi connectivity index (χ4v) is 4.63. The minimum atomic E-state index is -0.00720. The maximum atomic E-state index is 11.1. The van der Waals surface area contributed by atoms with Gasteiger partial charge in [-0.05, 0) is 72.0 Å². The fourth-order valence-electron chi connectivity index (χ4n) is 3.68. The molecule has 1 amide bonds. The van der Waals surface area contributed by atoms with Crippen molar-refractivity contribution in [2.45, 2.75) is 31.1 Å². The number of ether oxygens (including phenoxy) is 1. The summed E-state index contributed by atoms with van der Waals surface area (Å²) in [4.78, 5) is 12.3. The second-order valence-corrected chi connectivity index (χ2v) is 9.11. The lowest BCUT2D eigenvalue weighted by Crippen LogP contribution is -2.22. The summed E-state index contributed by atoms with van der Waals surface area (Å²) >= 11 is 1.85. The van der Waals surface area contributed by atoms with Crippen LogP contribution in [0.25, 0.3) is 22.1 Å². The van der Waals surface area contributed by atoms with Gasteiger partial charge in [-0.3, -0.25) is 4.79 Å². The van der Waals surface area contributed by atoms with Crippen molar-refractivity contribution in [3.05, 3.63) is 84.6 Å². The molecule has 1 N–H and O–H groups in total. The number of carbonyl (C=O) groups excluding carboxylic acids is 1. The molecule has 0 saturated carbocycles. The zero-order valence-electron chi connectivity index (χ0n) is 18.9. The van der Waals surface area contributed by atoms with E-state index in [1.807, 2.05) is 36.0 Å². The summed E-state index contributed by atoms with van der Waals surface area (Å²) in [7, 11) is 0. The fraction of sp³-hybridized carbons (Fsp3) is 0.250. The second-order valence-electron chi connectivity index (χ2n) is 7.95. The maximum Gasteiger partial charge on any atom is 0.216 e. The number of nitrogens with one attached hydrogen (secondary N) is 1.